The Hall–Kier alpha value is -0.970. The van der Waals surface area contributed by atoms with Gasteiger partial charge in [-0.3, -0.25) is 9.69 Å². The lowest BCUT2D eigenvalue weighted by molar-refractivity contribution is -0.138. The number of piperazine rings is 1. The average Bonchev–Trinajstić information content (AvgIpc) is 2.62. The number of rotatable bonds is 3. The van der Waals surface area contributed by atoms with E-state index in [2.05, 4.69) is 45.9 Å². The SMILES string of the molecule is CCN1CCCCC1C(=O)N1CCN(c2ccccc2)CC1.Cl.Cl. The first-order valence-electron chi connectivity index (χ1n) is 8.62. The maximum atomic E-state index is 12.8. The van der Waals surface area contributed by atoms with Crippen LogP contribution in [-0.2, 0) is 4.79 Å². The molecule has 1 unspecified atom stereocenters. The second-order valence-electron chi connectivity index (χ2n) is 6.29. The molecule has 136 valence electrons. The number of carbonyl (C=O) groups is 1. The summed E-state index contributed by atoms with van der Waals surface area (Å²) in [5.41, 5.74) is 1.27. The van der Waals surface area contributed by atoms with Gasteiger partial charge in [0, 0.05) is 31.9 Å². The molecule has 4 nitrogen and oxygen atoms in total. The van der Waals surface area contributed by atoms with Crippen LogP contribution in [0, 0.1) is 0 Å². The van der Waals surface area contributed by atoms with Gasteiger partial charge in [-0.05, 0) is 38.1 Å². The van der Waals surface area contributed by atoms with Gasteiger partial charge in [0.15, 0.2) is 0 Å². The number of anilines is 1. The van der Waals surface area contributed by atoms with Crippen molar-refractivity contribution in [3.63, 3.8) is 0 Å². The molecule has 0 bridgehead atoms. The quantitative estimate of drug-likeness (QED) is 0.814. The van der Waals surface area contributed by atoms with Crippen molar-refractivity contribution in [2.24, 2.45) is 0 Å². The highest BCUT2D eigenvalue weighted by Gasteiger charge is 2.32. The van der Waals surface area contributed by atoms with E-state index in [1.54, 1.807) is 0 Å². The van der Waals surface area contributed by atoms with Crippen LogP contribution in [0.25, 0.3) is 0 Å². The highest BCUT2D eigenvalue weighted by Crippen LogP contribution is 2.21. The Bertz CT molecular complexity index is 492. The third-order valence-electron chi connectivity index (χ3n) is 5.02. The van der Waals surface area contributed by atoms with E-state index in [-0.39, 0.29) is 30.9 Å². The van der Waals surface area contributed by atoms with Gasteiger partial charge in [-0.2, -0.15) is 0 Å². The van der Waals surface area contributed by atoms with Crippen molar-refractivity contribution in [1.82, 2.24) is 9.80 Å². The Morgan fingerprint density at radius 3 is 2.29 bits per heavy atom. The number of para-hydroxylation sites is 1. The fourth-order valence-electron chi connectivity index (χ4n) is 3.68. The minimum atomic E-state index is 0. The number of likely N-dealkylation sites (tertiary alicyclic amines) is 1. The van der Waals surface area contributed by atoms with Gasteiger partial charge in [-0.1, -0.05) is 31.5 Å². The molecule has 1 aromatic rings. The van der Waals surface area contributed by atoms with E-state index in [9.17, 15) is 4.79 Å². The molecule has 0 N–H and O–H groups in total. The lowest BCUT2D eigenvalue weighted by atomic mass is 10.0. The third-order valence-corrected chi connectivity index (χ3v) is 5.02. The van der Waals surface area contributed by atoms with Crippen LogP contribution < -0.4 is 4.90 Å². The Balaban J connectivity index is 0.00000144. The molecule has 2 fully saturated rings. The summed E-state index contributed by atoms with van der Waals surface area (Å²) in [4.78, 5) is 19.6. The predicted molar refractivity (Wildman–Crippen MR) is 105 cm³/mol. The Labute approximate surface area is 158 Å². The molecule has 3 rings (SSSR count). The fraction of sp³-hybridized carbons (Fsp3) is 0.611. The molecule has 2 saturated heterocycles. The summed E-state index contributed by atoms with van der Waals surface area (Å²) < 4.78 is 0. The summed E-state index contributed by atoms with van der Waals surface area (Å²) in [7, 11) is 0. The number of piperidine rings is 1. The lowest BCUT2D eigenvalue weighted by Crippen LogP contribution is -2.56. The van der Waals surface area contributed by atoms with Gasteiger partial charge >= 0.3 is 0 Å². The maximum absolute atomic E-state index is 12.8. The smallest absolute Gasteiger partial charge is 0.240 e. The van der Waals surface area contributed by atoms with Gasteiger partial charge in [0.2, 0.25) is 5.91 Å². The molecule has 0 aromatic heterocycles. The standard InChI is InChI=1S/C18H27N3O.2ClH/c1-2-19-11-7-6-10-17(19)18(22)21-14-12-20(13-15-21)16-8-4-3-5-9-16;;/h3-5,8-9,17H,2,6-7,10-15H2,1H3;2*1H. The van der Waals surface area contributed by atoms with Gasteiger partial charge < -0.3 is 9.80 Å². The monoisotopic (exact) mass is 373 g/mol. The minimum Gasteiger partial charge on any atom is -0.368 e. The van der Waals surface area contributed by atoms with Gasteiger partial charge in [0.1, 0.15) is 0 Å². The van der Waals surface area contributed by atoms with Crippen molar-refractivity contribution in [3.8, 4) is 0 Å². The molecule has 24 heavy (non-hydrogen) atoms. The highest BCUT2D eigenvalue weighted by atomic mass is 35.5. The molecule has 1 amide bonds. The van der Waals surface area contributed by atoms with Crippen LogP contribution in [0.1, 0.15) is 26.2 Å². The number of amides is 1. The minimum absolute atomic E-state index is 0. The fourth-order valence-corrected chi connectivity index (χ4v) is 3.68. The first-order valence-corrected chi connectivity index (χ1v) is 8.62. The molecule has 1 atom stereocenters. The second-order valence-corrected chi connectivity index (χ2v) is 6.29. The molecular formula is C18H29Cl2N3O. The largest absolute Gasteiger partial charge is 0.368 e. The van der Waals surface area contributed by atoms with Gasteiger partial charge in [0.05, 0.1) is 6.04 Å². The van der Waals surface area contributed by atoms with Crippen LogP contribution in [0.15, 0.2) is 30.3 Å². The molecule has 6 heteroatoms. The van der Waals surface area contributed by atoms with E-state index in [1.165, 1.54) is 18.5 Å². The van der Waals surface area contributed by atoms with Crippen molar-refractivity contribution in [2.75, 3.05) is 44.2 Å². The van der Waals surface area contributed by atoms with Crippen LogP contribution >= 0.6 is 24.8 Å². The molecule has 2 aliphatic rings. The number of hydrogen-bond acceptors (Lipinski definition) is 3. The highest BCUT2D eigenvalue weighted by molar-refractivity contribution is 5.85. The molecular weight excluding hydrogens is 345 g/mol. The van der Waals surface area contributed by atoms with Crippen molar-refractivity contribution >= 4 is 36.4 Å². The topological polar surface area (TPSA) is 26.8 Å². The van der Waals surface area contributed by atoms with Crippen molar-refractivity contribution in [2.45, 2.75) is 32.2 Å². The first-order chi connectivity index (χ1) is 10.8. The molecule has 0 saturated carbocycles. The van der Waals surface area contributed by atoms with E-state index < -0.39 is 0 Å². The summed E-state index contributed by atoms with van der Waals surface area (Å²) in [6.07, 6.45) is 3.46. The molecule has 1 aromatic carbocycles. The summed E-state index contributed by atoms with van der Waals surface area (Å²) in [6.45, 7) is 7.81. The first kappa shape index (κ1) is 21.1. The summed E-state index contributed by atoms with van der Waals surface area (Å²) in [6, 6.07) is 10.6. The summed E-state index contributed by atoms with van der Waals surface area (Å²) in [5.74, 6) is 0.356. The second kappa shape index (κ2) is 10.1. The van der Waals surface area contributed by atoms with E-state index >= 15 is 0 Å². The van der Waals surface area contributed by atoms with Crippen molar-refractivity contribution < 1.29 is 4.79 Å². The van der Waals surface area contributed by atoms with Crippen molar-refractivity contribution in [1.29, 1.82) is 0 Å². The Kier molecular flexibility index (Phi) is 8.88. The average molecular weight is 374 g/mol. The lowest BCUT2D eigenvalue weighted by Gasteiger charge is -2.41. The number of hydrogen-bond donors (Lipinski definition) is 0. The van der Waals surface area contributed by atoms with Crippen LogP contribution in [0.2, 0.25) is 0 Å². The van der Waals surface area contributed by atoms with Crippen LogP contribution in [-0.4, -0.2) is 61.0 Å². The van der Waals surface area contributed by atoms with Gasteiger partial charge in [0.25, 0.3) is 0 Å². The zero-order valence-corrected chi connectivity index (χ0v) is 16.0. The summed E-state index contributed by atoms with van der Waals surface area (Å²) >= 11 is 0. The van der Waals surface area contributed by atoms with E-state index in [0.717, 1.165) is 45.7 Å². The van der Waals surface area contributed by atoms with E-state index in [0.29, 0.717) is 5.91 Å². The van der Waals surface area contributed by atoms with Gasteiger partial charge in [-0.25, -0.2) is 0 Å². The number of carbonyl (C=O) groups excluding carboxylic acids is 1. The summed E-state index contributed by atoms with van der Waals surface area (Å²) in [5, 5.41) is 0. The maximum Gasteiger partial charge on any atom is 0.240 e. The van der Waals surface area contributed by atoms with Crippen LogP contribution in [0.3, 0.4) is 0 Å². The molecule has 0 radical (unpaired) electrons. The normalized spacial score (nSPS) is 21.6. The number of halogens is 2. The van der Waals surface area contributed by atoms with Crippen LogP contribution in [0.5, 0.6) is 0 Å². The van der Waals surface area contributed by atoms with Gasteiger partial charge in [-0.15, -0.1) is 24.8 Å². The Morgan fingerprint density at radius 1 is 1.00 bits per heavy atom. The number of likely N-dealkylation sites (N-methyl/N-ethyl adjacent to an activating group) is 1. The number of benzene rings is 1. The number of nitrogens with zero attached hydrogens (tertiary/aromatic N) is 3. The van der Waals surface area contributed by atoms with E-state index in [4.69, 9.17) is 0 Å². The van der Waals surface area contributed by atoms with Crippen LogP contribution in [0.4, 0.5) is 5.69 Å². The molecule has 2 aliphatic heterocycles. The zero-order chi connectivity index (χ0) is 15.4. The molecule has 2 heterocycles. The molecule has 0 aliphatic carbocycles. The molecule has 0 spiro atoms. The van der Waals surface area contributed by atoms with E-state index in [1.807, 2.05) is 6.07 Å². The predicted octanol–water partition coefficient (Wildman–Crippen LogP) is 3.05. The zero-order valence-electron chi connectivity index (χ0n) is 14.4. The third kappa shape index (κ3) is 4.78. The van der Waals surface area contributed by atoms with Crippen molar-refractivity contribution in [3.05, 3.63) is 30.3 Å². The Morgan fingerprint density at radius 2 is 1.67 bits per heavy atom.